The first kappa shape index (κ1) is 51.9. The molecule has 0 amide bonds. The molecular formula is C42H36F10N6O8S4. The average Bonchev–Trinajstić information content (AvgIpc) is 4.08. The molecule has 2 saturated heterocycles. The van der Waals surface area contributed by atoms with Crippen molar-refractivity contribution in [1.82, 2.24) is 18.6 Å². The van der Waals surface area contributed by atoms with Crippen LogP contribution in [0.4, 0.5) is 54.2 Å². The van der Waals surface area contributed by atoms with Gasteiger partial charge in [0.15, 0.2) is 78.1 Å². The second-order valence-corrected chi connectivity index (χ2v) is 20.2. The molecule has 0 bridgehead atoms. The van der Waals surface area contributed by atoms with Crippen LogP contribution in [0.25, 0.3) is 22.5 Å². The van der Waals surface area contributed by atoms with Gasteiger partial charge in [0.25, 0.3) is 0 Å². The van der Waals surface area contributed by atoms with Crippen LogP contribution in [0, 0.1) is 58.2 Å². The Morgan fingerprint density at radius 1 is 0.457 bits per heavy atom. The zero-order valence-electron chi connectivity index (χ0n) is 36.6. The summed E-state index contributed by atoms with van der Waals surface area (Å²) in [6.45, 7) is -0.646. The van der Waals surface area contributed by atoms with Gasteiger partial charge in [0.05, 0.1) is 39.8 Å². The molecule has 376 valence electrons. The normalized spacial score (nSPS) is 14.9. The summed E-state index contributed by atoms with van der Waals surface area (Å²) in [6.07, 6.45) is 0. The van der Waals surface area contributed by atoms with Crippen LogP contribution in [0.15, 0.2) is 56.9 Å². The monoisotopic (exact) mass is 1070 g/mol. The number of rotatable bonds is 12. The maximum absolute atomic E-state index is 14.1. The quantitative estimate of drug-likeness (QED) is 0.0665. The number of piperazine rings is 2. The van der Waals surface area contributed by atoms with Gasteiger partial charge in [0, 0.05) is 74.2 Å². The fourth-order valence-electron chi connectivity index (χ4n) is 7.21. The number of hydrogen-bond donors (Lipinski definition) is 0. The minimum absolute atomic E-state index is 0.0802. The first-order valence-corrected chi connectivity index (χ1v) is 24.7. The van der Waals surface area contributed by atoms with E-state index in [0.717, 1.165) is 5.56 Å². The Morgan fingerprint density at radius 2 is 0.843 bits per heavy atom. The van der Waals surface area contributed by atoms with E-state index in [1.54, 1.807) is 57.0 Å². The zero-order chi connectivity index (χ0) is 51.0. The number of halogens is 10. The summed E-state index contributed by atoms with van der Waals surface area (Å²) >= 11 is 2.59. The van der Waals surface area contributed by atoms with Gasteiger partial charge in [-0.15, -0.1) is 22.7 Å². The second-order valence-electron chi connectivity index (χ2n) is 14.7. The van der Waals surface area contributed by atoms with Crippen LogP contribution in [-0.2, 0) is 20.0 Å². The SMILES string of the molecule is COc1ccc(-c2csc(N3CCN(S(=O)(=O)c4c(F)c(F)c(F)c(F)c4F)CC3)n2)cc1OC.COc1ccc(OC)c(-c2csc(N3CCN(S(=O)(=O)c4c(F)c(F)c(F)c(F)c4F)CC3)n2)c1. The molecule has 0 radical (unpaired) electrons. The molecule has 6 aromatic rings. The van der Waals surface area contributed by atoms with E-state index in [2.05, 4.69) is 9.97 Å². The van der Waals surface area contributed by atoms with Gasteiger partial charge >= 0.3 is 0 Å². The highest BCUT2D eigenvalue weighted by molar-refractivity contribution is 7.89. The van der Waals surface area contributed by atoms with Gasteiger partial charge in [0.2, 0.25) is 31.7 Å². The fraction of sp³-hybridized carbons (Fsp3) is 0.286. The third-order valence-corrected chi connectivity index (χ3v) is 16.5. The van der Waals surface area contributed by atoms with Crippen molar-refractivity contribution in [2.24, 2.45) is 0 Å². The number of benzene rings is 4. The van der Waals surface area contributed by atoms with E-state index >= 15 is 0 Å². The number of thiazole rings is 2. The van der Waals surface area contributed by atoms with Crippen molar-refractivity contribution in [3.63, 3.8) is 0 Å². The van der Waals surface area contributed by atoms with Crippen LogP contribution in [0.2, 0.25) is 0 Å². The maximum atomic E-state index is 14.1. The minimum atomic E-state index is -4.98. The standard InChI is InChI=1S/2C21H18F5N3O4S2/c1-32-13-4-3-11(9-14(13)33-2)12-10-34-21(27-12)28-5-7-29(8-6-28)35(30,31)20-18(25)16(23)15(22)17(24)19(20)26;1-32-11-3-4-14(33-2)12(9-11)13-10-34-21(27-13)28-5-7-29(8-6-28)35(30,31)20-18(25)16(23)15(22)17(24)19(20)26/h2*3-4,9-10H,5-8H2,1-2H3. The van der Waals surface area contributed by atoms with Crippen molar-refractivity contribution in [3.05, 3.63) is 105 Å². The molecular weight excluding hydrogens is 1030 g/mol. The molecule has 2 aliphatic heterocycles. The number of methoxy groups -OCH3 is 4. The van der Waals surface area contributed by atoms with Gasteiger partial charge in [-0.25, -0.2) is 70.7 Å². The Bertz CT molecular complexity index is 3110. The van der Waals surface area contributed by atoms with Gasteiger partial charge in [-0.3, -0.25) is 0 Å². The van der Waals surface area contributed by atoms with E-state index in [9.17, 15) is 60.7 Å². The first-order valence-electron chi connectivity index (χ1n) is 20.1. The summed E-state index contributed by atoms with van der Waals surface area (Å²) in [6, 6.07) is 10.5. The van der Waals surface area contributed by atoms with Crippen molar-refractivity contribution in [3.8, 4) is 45.5 Å². The summed E-state index contributed by atoms with van der Waals surface area (Å²) in [7, 11) is -3.89. The third-order valence-electron chi connectivity index (χ3n) is 10.9. The molecule has 70 heavy (non-hydrogen) atoms. The largest absolute Gasteiger partial charge is 0.497 e. The molecule has 2 fully saturated rings. The molecule has 4 aromatic carbocycles. The summed E-state index contributed by atoms with van der Waals surface area (Å²) in [5.41, 5.74) is 2.68. The molecule has 0 atom stereocenters. The molecule has 0 spiro atoms. The van der Waals surface area contributed by atoms with Crippen LogP contribution < -0.4 is 28.7 Å². The van der Waals surface area contributed by atoms with Gasteiger partial charge in [-0.05, 0) is 36.4 Å². The number of anilines is 2. The van der Waals surface area contributed by atoms with Crippen molar-refractivity contribution in [2.45, 2.75) is 9.79 Å². The molecule has 0 aliphatic carbocycles. The highest BCUT2D eigenvalue weighted by Gasteiger charge is 2.40. The lowest BCUT2D eigenvalue weighted by Crippen LogP contribution is -2.49. The Balaban J connectivity index is 0.000000206. The molecule has 0 unspecified atom stereocenters. The molecule has 0 N–H and O–H groups in total. The van der Waals surface area contributed by atoms with Gasteiger partial charge in [-0.1, -0.05) is 0 Å². The van der Waals surface area contributed by atoms with Crippen molar-refractivity contribution >= 4 is 53.0 Å². The molecule has 2 aliphatic rings. The third kappa shape index (κ3) is 9.75. The zero-order valence-corrected chi connectivity index (χ0v) is 39.9. The predicted molar refractivity (Wildman–Crippen MR) is 236 cm³/mol. The van der Waals surface area contributed by atoms with E-state index in [0.29, 0.717) is 58.8 Å². The van der Waals surface area contributed by atoms with Gasteiger partial charge in [-0.2, -0.15) is 8.61 Å². The second kappa shape index (κ2) is 20.8. The Morgan fingerprint density at radius 3 is 1.26 bits per heavy atom. The van der Waals surface area contributed by atoms with Crippen molar-refractivity contribution < 1.29 is 79.7 Å². The van der Waals surface area contributed by atoms with Crippen molar-refractivity contribution in [2.75, 3.05) is 90.6 Å². The number of ether oxygens (including phenoxy) is 4. The lowest BCUT2D eigenvalue weighted by atomic mass is 10.1. The van der Waals surface area contributed by atoms with Crippen LogP contribution in [0.5, 0.6) is 23.0 Å². The molecule has 0 saturated carbocycles. The minimum Gasteiger partial charge on any atom is -0.497 e. The van der Waals surface area contributed by atoms with E-state index in [1.807, 2.05) is 0 Å². The van der Waals surface area contributed by atoms with E-state index in [4.69, 9.17) is 18.9 Å². The lowest BCUT2D eigenvalue weighted by Gasteiger charge is -2.33. The van der Waals surface area contributed by atoms with Crippen LogP contribution >= 0.6 is 22.7 Å². The summed E-state index contributed by atoms with van der Waals surface area (Å²) in [5, 5.41) is 4.71. The smallest absolute Gasteiger partial charge is 0.249 e. The lowest BCUT2D eigenvalue weighted by molar-refractivity contribution is 0.344. The summed E-state index contributed by atoms with van der Waals surface area (Å²) in [4.78, 5) is 8.94. The molecule has 2 aromatic heterocycles. The number of sulfonamides is 2. The molecule has 28 heteroatoms. The molecule has 14 nitrogen and oxygen atoms in total. The Hall–Kier alpha value is -5.94. The summed E-state index contributed by atoms with van der Waals surface area (Å²) in [5.74, 6) is -21.4. The average molecular weight is 1070 g/mol. The van der Waals surface area contributed by atoms with Crippen LogP contribution in [-0.4, -0.2) is 116 Å². The highest BCUT2D eigenvalue weighted by Crippen LogP contribution is 2.38. The Labute approximate surface area is 400 Å². The topological polar surface area (TPSA) is 144 Å². The van der Waals surface area contributed by atoms with Gasteiger partial charge in [0.1, 0.15) is 11.5 Å². The maximum Gasteiger partial charge on any atom is 0.249 e. The highest BCUT2D eigenvalue weighted by atomic mass is 32.2. The first-order chi connectivity index (χ1) is 33.2. The predicted octanol–water partition coefficient (Wildman–Crippen LogP) is 8.07. The number of hydrogen-bond acceptors (Lipinski definition) is 14. The molecule has 4 heterocycles. The Kier molecular flexibility index (Phi) is 15.4. The van der Waals surface area contributed by atoms with E-state index < -0.39 is 88.0 Å². The van der Waals surface area contributed by atoms with E-state index in [1.165, 1.54) is 51.1 Å². The number of nitrogens with zero attached hydrogens (tertiary/aromatic N) is 6. The fourth-order valence-corrected chi connectivity index (χ4v) is 12.0. The van der Waals surface area contributed by atoms with Crippen molar-refractivity contribution in [1.29, 1.82) is 0 Å². The van der Waals surface area contributed by atoms with Crippen LogP contribution in [0.3, 0.4) is 0 Å². The van der Waals surface area contributed by atoms with Gasteiger partial charge < -0.3 is 28.7 Å². The van der Waals surface area contributed by atoms with Crippen LogP contribution in [0.1, 0.15) is 0 Å². The summed E-state index contributed by atoms with van der Waals surface area (Å²) < 4.78 is 211. The number of aromatic nitrogens is 2. The molecule has 8 rings (SSSR count). The van der Waals surface area contributed by atoms with E-state index in [-0.39, 0.29) is 52.4 Å².